The molecule has 0 amide bonds. The molecule has 0 fully saturated rings. The number of hydrogen-bond donors (Lipinski definition) is 0. The zero-order valence-electron chi connectivity index (χ0n) is 9.04. The summed E-state index contributed by atoms with van der Waals surface area (Å²) in [6.07, 6.45) is 0. The molecule has 2 heteroatoms. The Morgan fingerprint density at radius 2 is 1.80 bits per heavy atom. The third kappa shape index (κ3) is 1.52. The Hall–Kier alpha value is -1.05. The number of aromatic nitrogens is 1. The van der Waals surface area contributed by atoms with Gasteiger partial charge in [-0.2, -0.15) is 0 Å². The normalized spacial score (nSPS) is 10.7. The zero-order chi connectivity index (χ0) is 11.2. The number of rotatable bonds is 0. The Morgan fingerprint density at radius 1 is 1.13 bits per heavy atom. The van der Waals surface area contributed by atoms with Gasteiger partial charge in [-0.3, -0.25) is 0 Å². The maximum absolute atomic E-state index is 4.10. The van der Waals surface area contributed by atoms with E-state index in [1.54, 1.807) is 0 Å². The van der Waals surface area contributed by atoms with Crippen LogP contribution >= 0.6 is 0 Å². The monoisotopic (exact) mass is 234 g/mol. The molecule has 75 valence electrons. The number of hydrogen-bond acceptors (Lipinski definition) is 0. The second kappa shape index (κ2) is 3.51. The Labute approximate surface area is 97.9 Å². The molecule has 0 aliphatic rings. The third-order valence-electron chi connectivity index (χ3n) is 2.82. The summed E-state index contributed by atoms with van der Waals surface area (Å²) >= 11 is 2.61. The van der Waals surface area contributed by atoms with Crippen LogP contribution in [0.5, 0.6) is 0 Å². The van der Waals surface area contributed by atoms with E-state index in [1.807, 2.05) is 11.6 Å². The summed E-state index contributed by atoms with van der Waals surface area (Å²) in [5.41, 5.74) is 1.27. The molecule has 15 heavy (non-hydrogen) atoms. The van der Waals surface area contributed by atoms with Crippen molar-refractivity contribution in [1.29, 1.82) is 0 Å². The van der Waals surface area contributed by atoms with E-state index >= 15 is 0 Å². The van der Waals surface area contributed by atoms with Gasteiger partial charge in [0, 0.05) is 0 Å². The van der Waals surface area contributed by atoms with Crippen LogP contribution in [-0.4, -0.2) is 4.57 Å². The number of benzene rings is 1. The average molecular weight is 234 g/mol. The fraction of sp³-hybridized carbons (Fsp3) is 0.154. The van der Waals surface area contributed by atoms with Crippen LogP contribution in [0.15, 0.2) is 18.2 Å². The molecule has 2 aromatic rings. The summed E-state index contributed by atoms with van der Waals surface area (Å²) in [5, 5.41) is 4.47. The summed E-state index contributed by atoms with van der Waals surface area (Å²) in [7, 11) is 2.00. The fourth-order valence-electron chi connectivity index (χ4n) is 1.76. The van der Waals surface area contributed by atoms with Crippen molar-refractivity contribution >= 4 is 23.9 Å². The Morgan fingerprint density at radius 3 is 2.47 bits per heavy atom. The van der Waals surface area contributed by atoms with Gasteiger partial charge in [0.25, 0.3) is 0 Å². The molecule has 2 rings (SSSR count). The van der Waals surface area contributed by atoms with Crippen LogP contribution in [0, 0.1) is 10.8 Å². The van der Waals surface area contributed by atoms with E-state index in [-0.39, 0.29) is 0 Å². The van der Waals surface area contributed by atoms with Gasteiger partial charge in [-0.05, 0) is 0 Å². The SMILES string of the molecule is C=c1[c](=[V])c2cc(C)ccc2c(=C)n1C. The molecular formula is C13H13NV. The molecule has 0 unspecified atom stereocenters. The van der Waals surface area contributed by atoms with Crippen LogP contribution < -0.4 is 10.7 Å². The number of fused-ring (bicyclic) bond motifs is 1. The quantitative estimate of drug-likeness (QED) is 0.649. The van der Waals surface area contributed by atoms with E-state index in [0.717, 1.165) is 10.7 Å². The fourth-order valence-corrected chi connectivity index (χ4v) is 2.29. The van der Waals surface area contributed by atoms with Gasteiger partial charge in [0.1, 0.15) is 0 Å². The molecule has 0 saturated heterocycles. The maximum atomic E-state index is 4.10. The summed E-state index contributed by atoms with van der Waals surface area (Å²) in [6, 6.07) is 6.43. The van der Waals surface area contributed by atoms with Crippen LogP contribution in [0.1, 0.15) is 5.56 Å². The number of pyridine rings is 1. The summed E-state index contributed by atoms with van der Waals surface area (Å²) < 4.78 is 3.21. The summed E-state index contributed by atoms with van der Waals surface area (Å²) in [6.45, 7) is 10.3. The van der Waals surface area contributed by atoms with Crippen molar-refractivity contribution in [2.24, 2.45) is 7.05 Å². The van der Waals surface area contributed by atoms with E-state index in [0.29, 0.717) is 0 Å². The van der Waals surface area contributed by atoms with E-state index in [2.05, 4.69) is 55.3 Å². The molecule has 0 atom stereocenters. The molecule has 1 heterocycles. The van der Waals surface area contributed by atoms with Crippen LogP contribution in [-0.2, 0) is 24.0 Å². The van der Waals surface area contributed by atoms with Crippen molar-refractivity contribution in [1.82, 2.24) is 4.57 Å². The third-order valence-corrected chi connectivity index (χ3v) is 3.60. The van der Waals surface area contributed by atoms with E-state index in [4.69, 9.17) is 0 Å². The van der Waals surface area contributed by atoms with Crippen LogP contribution in [0.25, 0.3) is 23.9 Å². The van der Waals surface area contributed by atoms with E-state index in [9.17, 15) is 0 Å². The minimum absolute atomic E-state index is 1.01. The first-order valence-electron chi connectivity index (χ1n) is 4.81. The molecule has 0 radical (unpaired) electrons. The molecule has 0 bridgehead atoms. The molecule has 1 aromatic heterocycles. The van der Waals surface area contributed by atoms with Crippen LogP contribution in [0.4, 0.5) is 0 Å². The minimum atomic E-state index is 1.01. The predicted octanol–water partition coefficient (Wildman–Crippen LogP) is 1.39. The Balaban J connectivity index is 3.23. The van der Waals surface area contributed by atoms with Gasteiger partial charge in [0.15, 0.2) is 0 Å². The van der Waals surface area contributed by atoms with Gasteiger partial charge >= 0.3 is 97.8 Å². The molecule has 1 nitrogen and oxygen atoms in total. The second-order valence-electron chi connectivity index (χ2n) is 3.85. The molecule has 1 aromatic carbocycles. The van der Waals surface area contributed by atoms with Crippen molar-refractivity contribution < 1.29 is 17.0 Å². The van der Waals surface area contributed by atoms with Crippen molar-refractivity contribution in [3.63, 3.8) is 0 Å². The first-order chi connectivity index (χ1) is 7.02. The van der Waals surface area contributed by atoms with Gasteiger partial charge in [-0.15, -0.1) is 0 Å². The first kappa shape index (κ1) is 10.5. The van der Waals surface area contributed by atoms with Gasteiger partial charge in [0.2, 0.25) is 0 Å². The zero-order valence-corrected chi connectivity index (χ0v) is 10.4. The van der Waals surface area contributed by atoms with Crippen LogP contribution in [0.3, 0.4) is 0 Å². The number of nitrogens with zero attached hydrogens (tertiary/aromatic N) is 1. The van der Waals surface area contributed by atoms with Crippen molar-refractivity contribution in [3.8, 4) is 0 Å². The second-order valence-corrected chi connectivity index (χ2v) is 4.55. The van der Waals surface area contributed by atoms with Gasteiger partial charge in [0.05, 0.1) is 0 Å². The van der Waals surface area contributed by atoms with E-state index in [1.165, 1.54) is 20.2 Å². The summed E-state index contributed by atoms with van der Waals surface area (Å²) in [5.74, 6) is 0. The molecule has 0 aliphatic carbocycles. The number of aryl methyl sites for hydroxylation is 1. The molecule has 0 aliphatic heterocycles. The van der Waals surface area contributed by atoms with Gasteiger partial charge in [-0.25, -0.2) is 0 Å². The van der Waals surface area contributed by atoms with Gasteiger partial charge < -0.3 is 0 Å². The Bertz CT molecular complexity index is 695. The van der Waals surface area contributed by atoms with Crippen molar-refractivity contribution in [2.75, 3.05) is 0 Å². The van der Waals surface area contributed by atoms with Crippen molar-refractivity contribution in [2.45, 2.75) is 6.92 Å². The summed E-state index contributed by atoms with van der Waals surface area (Å²) in [4.78, 5) is 0. The predicted molar refractivity (Wildman–Crippen MR) is 61.2 cm³/mol. The van der Waals surface area contributed by atoms with E-state index < -0.39 is 0 Å². The Kier molecular flexibility index (Phi) is 2.45. The van der Waals surface area contributed by atoms with Crippen molar-refractivity contribution in [3.05, 3.63) is 38.3 Å². The topological polar surface area (TPSA) is 4.93 Å². The molecule has 0 saturated carbocycles. The van der Waals surface area contributed by atoms with Crippen LogP contribution in [0.2, 0.25) is 0 Å². The molecule has 0 spiro atoms. The molecular weight excluding hydrogens is 221 g/mol. The standard InChI is InChI=1S/C13H13N.V/c1-9-5-6-13-11(3)14(4)10(2)8-12(13)7-9;/h5-7H,2-3H2,1,4H3;. The molecule has 0 N–H and O–H groups in total. The first-order valence-corrected chi connectivity index (χ1v) is 5.51. The average Bonchev–Trinajstić information content (AvgIpc) is 2.23. The van der Waals surface area contributed by atoms with Gasteiger partial charge in [-0.1, -0.05) is 0 Å².